The third-order valence-corrected chi connectivity index (χ3v) is 3.23. The van der Waals surface area contributed by atoms with E-state index in [9.17, 15) is 9.59 Å². The molecular formula is C13H15BrN2O4. The Morgan fingerprint density at radius 2 is 1.90 bits per heavy atom. The molecule has 1 aliphatic rings. The number of carbonyl (C=O) groups excluding carboxylic acids is 2. The van der Waals surface area contributed by atoms with Gasteiger partial charge in [0.2, 0.25) is 5.91 Å². The van der Waals surface area contributed by atoms with Crippen molar-refractivity contribution in [2.24, 2.45) is 0 Å². The highest BCUT2D eigenvalue weighted by Gasteiger charge is 2.18. The molecule has 0 aromatic heterocycles. The lowest BCUT2D eigenvalue weighted by Crippen LogP contribution is -2.33. The van der Waals surface area contributed by atoms with Crippen LogP contribution in [0.2, 0.25) is 0 Å². The van der Waals surface area contributed by atoms with Crippen molar-refractivity contribution in [2.75, 3.05) is 26.3 Å². The fourth-order valence-electron chi connectivity index (χ4n) is 1.76. The van der Waals surface area contributed by atoms with Crippen LogP contribution >= 0.6 is 15.9 Å². The summed E-state index contributed by atoms with van der Waals surface area (Å²) in [6.07, 6.45) is 0. The first kappa shape index (κ1) is 14.6. The molecule has 0 aliphatic carbocycles. The molecule has 0 radical (unpaired) electrons. The van der Waals surface area contributed by atoms with Crippen molar-refractivity contribution in [3.8, 4) is 11.5 Å². The van der Waals surface area contributed by atoms with E-state index < -0.39 is 0 Å². The summed E-state index contributed by atoms with van der Waals surface area (Å²) in [7, 11) is 0. The Kier molecular flexibility index (Phi) is 4.84. The smallest absolute Gasteiger partial charge is 0.251 e. The summed E-state index contributed by atoms with van der Waals surface area (Å²) in [4.78, 5) is 22.7. The Labute approximate surface area is 124 Å². The first-order valence-corrected chi connectivity index (χ1v) is 6.99. The van der Waals surface area contributed by atoms with E-state index in [4.69, 9.17) is 9.47 Å². The van der Waals surface area contributed by atoms with E-state index in [0.29, 0.717) is 47.8 Å². The minimum Gasteiger partial charge on any atom is -0.486 e. The first-order valence-electron chi connectivity index (χ1n) is 6.19. The van der Waals surface area contributed by atoms with Gasteiger partial charge >= 0.3 is 0 Å². The zero-order chi connectivity index (χ0) is 14.5. The number of carbonyl (C=O) groups is 2. The zero-order valence-corrected chi connectivity index (χ0v) is 12.6. The number of nitrogens with one attached hydrogen (secondary N) is 2. The van der Waals surface area contributed by atoms with Crippen LogP contribution in [0.3, 0.4) is 0 Å². The number of ether oxygens (including phenoxy) is 2. The molecule has 0 bridgehead atoms. The second kappa shape index (κ2) is 6.60. The molecule has 0 spiro atoms. The van der Waals surface area contributed by atoms with E-state index in [1.165, 1.54) is 6.92 Å². The van der Waals surface area contributed by atoms with E-state index in [2.05, 4.69) is 26.6 Å². The molecule has 1 aromatic carbocycles. The van der Waals surface area contributed by atoms with E-state index in [0.717, 1.165) is 0 Å². The molecule has 7 heteroatoms. The highest BCUT2D eigenvalue weighted by Crippen LogP contribution is 2.38. The Bertz CT molecular complexity index is 533. The fraction of sp³-hybridized carbons (Fsp3) is 0.385. The van der Waals surface area contributed by atoms with E-state index >= 15 is 0 Å². The maximum atomic E-state index is 12.0. The SMILES string of the molecule is CC(=O)NCCNC(=O)c1cc(Br)c2c(c1)OCCO2. The Balaban J connectivity index is 1.99. The van der Waals surface area contributed by atoms with Crippen LogP contribution in [0.1, 0.15) is 17.3 Å². The Morgan fingerprint density at radius 1 is 1.20 bits per heavy atom. The van der Waals surface area contributed by atoms with E-state index in [-0.39, 0.29) is 11.8 Å². The Morgan fingerprint density at radius 3 is 2.65 bits per heavy atom. The number of hydrogen-bond donors (Lipinski definition) is 2. The number of benzene rings is 1. The van der Waals surface area contributed by atoms with Crippen molar-refractivity contribution in [2.45, 2.75) is 6.92 Å². The van der Waals surface area contributed by atoms with Crippen LogP contribution < -0.4 is 20.1 Å². The van der Waals surface area contributed by atoms with Crippen LogP contribution in [-0.2, 0) is 4.79 Å². The number of halogens is 1. The van der Waals surface area contributed by atoms with Gasteiger partial charge in [-0.3, -0.25) is 9.59 Å². The van der Waals surface area contributed by atoms with Gasteiger partial charge in [0.05, 0.1) is 4.47 Å². The van der Waals surface area contributed by atoms with Crippen molar-refractivity contribution in [1.82, 2.24) is 10.6 Å². The van der Waals surface area contributed by atoms with Crippen LogP contribution in [0.25, 0.3) is 0 Å². The molecule has 2 rings (SSSR count). The monoisotopic (exact) mass is 342 g/mol. The highest BCUT2D eigenvalue weighted by atomic mass is 79.9. The minimum absolute atomic E-state index is 0.124. The standard InChI is InChI=1S/C13H15BrN2O4/c1-8(17)15-2-3-16-13(18)9-6-10(14)12-11(7-9)19-4-5-20-12/h6-7H,2-5H2,1H3,(H,15,17)(H,16,18). The summed E-state index contributed by atoms with van der Waals surface area (Å²) in [5.74, 6) is 0.818. The molecule has 1 aromatic rings. The van der Waals surface area contributed by atoms with Gasteiger partial charge in [0.1, 0.15) is 13.2 Å². The third-order valence-electron chi connectivity index (χ3n) is 2.64. The molecule has 1 aliphatic heterocycles. The molecule has 0 atom stereocenters. The van der Waals surface area contributed by atoms with Gasteiger partial charge in [-0.2, -0.15) is 0 Å². The molecule has 6 nitrogen and oxygen atoms in total. The largest absolute Gasteiger partial charge is 0.486 e. The second-order valence-electron chi connectivity index (χ2n) is 4.22. The lowest BCUT2D eigenvalue weighted by atomic mass is 10.2. The number of amides is 2. The summed E-state index contributed by atoms with van der Waals surface area (Å²) in [6.45, 7) is 3.15. The van der Waals surface area contributed by atoms with Gasteiger partial charge in [0, 0.05) is 25.6 Å². The summed E-state index contributed by atoms with van der Waals surface area (Å²) in [5, 5.41) is 5.32. The van der Waals surface area contributed by atoms with E-state index in [1.807, 2.05) is 0 Å². The molecule has 0 saturated heterocycles. The van der Waals surface area contributed by atoms with Crippen LogP contribution in [0, 0.1) is 0 Å². The molecule has 0 unspecified atom stereocenters. The maximum Gasteiger partial charge on any atom is 0.251 e. The third kappa shape index (κ3) is 3.63. The number of rotatable bonds is 4. The molecule has 108 valence electrons. The molecule has 0 saturated carbocycles. The molecule has 0 fully saturated rings. The van der Waals surface area contributed by atoms with Crippen molar-refractivity contribution in [3.63, 3.8) is 0 Å². The summed E-state index contributed by atoms with van der Waals surface area (Å²) in [5.41, 5.74) is 0.476. The van der Waals surface area contributed by atoms with Gasteiger partial charge in [0.15, 0.2) is 11.5 Å². The highest BCUT2D eigenvalue weighted by molar-refractivity contribution is 9.10. The molecule has 20 heavy (non-hydrogen) atoms. The van der Waals surface area contributed by atoms with Gasteiger partial charge in [-0.05, 0) is 28.1 Å². The molecule has 2 amide bonds. The predicted octanol–water partition coefficient (Wildman–Crippen LogP) is 1.09. The number of hydrogen-bond acceptors (Lipinski definition) is 4. The lowest BCUT2D eigenvalue weighted by Gasteiger charge is -2.20. The molecular weight excluding hydrogens is 328 g/mol. The van der Waals surface area contributed by atoms with Crippen LogP contribution in [0.5, 0.6) is 11.5 Å². The molecule has 1 heterocycles. The van der Waals surface area contributed by atoms with Gasteiger partial charge in [-0.1, -0.05) is 0 Å². The van der Waals surface area contributed by atoms with Crippen molar-refractivity contribution in [3.05, 3.63) is 22.2 Å². The minimum atomic E-state index is -0.229. The topological polar surface area (TPSA) is 76.7 Å². The summed E-state index contributed by atoms with van der Waals surface area (Å²) < 4.78 is 11.6. The first-order chi connectivity index (χ1) is 9.58. The quantitative estimate of drug-likeness (QED) is 0.803. The second-order valence-corrected chi connectivity index (χ2v) is 5.08. The van der Waals surface area contributed by atoms with Crippen molar-refractivity contribution >= 4 is 27.7 Å². The van der Waals surface area contributed by atoms with Crippen LogP contribution in [-0.4, -0.2) is 38.1 Å². The van der Waals surface area contributed by atoms with Gasteiger partial charge in [0.25, 0.3) is 5.91 Å². The average molecular weight is 343 g/mol. The van der Waals surface area contributed by atoms with Gasteiger partial charge in [-0.15, -0.1) is 0 Å². The normalized spacial score (nSPS) is 12.7. The van der Waals surface area contributed by atoms with Crippen LogP contribution in [0.15, 0.2) is 16.6 Å². The van der Waals surface area contributed by atoms with Crippen molar-refractivity contribution < 1.29 is 19.1 Å². The van der Waals surface area contributed by atoms with E-state index in [1.54, 1.807) is 12.1 Å². The fourth-order valence-corrected chi connectivity index (χ4v) is 2.32. The lowest BCUT2D eigenvalue weighted by molar-refractivity contribution is -0.118. The molecule has 2 N–H and O–H groups in total. The maximum absolute atomic E-state index is 12.0. The average Bonchev–Trinajstić information content (AvgIpc) is 2.43. The number of fused-ring (bicyclic) bond motifs is 1. The van der Waals surface area contributed by atoms with Gasteiger partial charge in [-0.25, -0.2) is 0 Å². The predicted molar refractivity (Wildman–Crippen MR) is 76.1 cm³/mol. The summed E-state index contributed by atoms with van der Waals surface area (Å²) in [6, 6.07) is 3.33. The van der Waals surface area contributed by atoms with Crippen LogP contribution in [0.4, 0.5) is 0 Å². The summed E-state index contributed by atoms with van der Waals surface area (Å²) >= 11 is 3.36. The Hall–Kier alpha value is -1.76. The van der Waals surface area contributed by atoms with Crippen molar-refractivity contribution in [1.29, 1.82) is 0 Å². The van der Waals surface area contributed by atoms with Gasteiger partial charge < -0.3 is 20.1 Å². The zero-order valence-electron chi connectivity index (χ0n) is 11.0.